The first-order chi connectivity index (χ1) is 7.33. The minimum Gasteiger partial charge on any atom is -0.310 e. The summed E-state index contributed by atoms with van der Waals surface area (Å²) >= 11 is 2.42. The summed E-state index contributed by atoms with van der Waals surface area (Å²) in [5.41, 5.74) is 0. The monoisotopic (exact) mass is 323 g/mol. The Kier molecular flexibility index (Phi) is 6.82. The van der Waals surface area contributed by atoms with Gasteiger partial charge in [-0.25, -0.2) is 0 Å². The summed E-state index contributed by atoms with van der Waals surface area (Å²) in [6, 6.07) is 0. The molecule has 86 valence electrons. The van der Waals surface area contributed by atoms with Crippen molar-refractivity contribution in [2.75, 3.05) is 11.0 Å². The lowest BCUT2D eigenvalue weighted by atomic mass is 10.2. The zero-order valence-electron chi connectivity index (χ0n) is 9.12. The summed E-state index contributed by atoms with van der Waals surface area (Å²) in [6.07, 6.45) is 5.22. The van der Waals surface area contributed by atoms with Gasteiger partial charge in [-0.3, -0.25) is 0 Å². The minimum atomic E-state index is 0.722. The smallest absolute Gasteiger partial charge is 0.188 e. The van der Waals surface area contributed by atoms with Gasteiger partial charge in [0.05, 0.1) is 13.6 Å². The van der Waals surface area contributed by atoms with Crippen LogP contribution in [0.3, 0.4) is 0 Å². The van der Waals surface area contributed by atoms with Gasteiger partial charge < -0.3 is 5.32 Å². The Morgan fingerprint density at radius 1 is 1.27 bits per heavy atom. The summed E-state index contributed by atoms with van der Waals surface area (Å²) in [7, 11) is 1.78. The van der Waals surface area contributed by atoms with Crippen LogP contribution < -0.4 is 5.32 Å². The van der Waals surface area contributed by atoms with Gasteiger partial charge in [0.1, 0.15) is 0 Å². The normalized spacial score (nSPS) is 10.8. The van der Waals surface area contributed by atoms with E-state index in [0.717, 1.165) is 18.9 Å². The van der Waals surface area contributed by atoms with Gasteiger partial charge in [0.25, 0.3) is 0 Å². The fraction of sp³-hybridized carbons (Fsp3) is 0.889. The van der Waals surface area contributed by atoms with E-state index in [1.165, 1.54) is 34.9 Å². The molecular weight excluding hydrogens is 305 g/mol. The molecule has 0 unspecified atom stereocenters. The third kappa shape index (κ3) is 6.03. The van der Waals surface area contributed by atoms with Crippen LogP contribution in [0.25, 0.3) is 0 Å². The molecule has 0 amide bonds. The Morgan fingerprint density at radius 3 is 2.73 bits per heavy atom. The number of aryl methyl sites for hydroxylation is 1. The number of nitrogens with one attached hydrogen (secondary N) is 1. The third-order valence-corrected chi connectivity index (χ3v) is 2.83. The highest BCUT2D eigenvalue weighted by atomic mass is 127. The molecule has 1 N–H and O–H groups in total. The van der Waals surface area contributed by atoms with Gasteiger partial charge in [-0.2, -0.15) is 4.80 Å². The molecule has 0 fully saturated rings. The first-order valence-electron chi connectivity index (χ1n) is 5.32. The molecule has 0 saturated heterocycles. The second-order valence-corrected chi connectivity index (χ2v) is 4.55. The van der Waals surface area contributed by atoms with Gasteiger partial charge in [0.15, 0.2) is 5.82 Å². The molecule has 0 aliphatic carbocycles. The van der Waals surface area contributed by atoms with E-state index in [0.29, 0.717) is 0 Å². The molecule has 1 aromatic heterocycles. The van der Waals surface area contributed by atoms with Crippen LogP contribution >= 0.6 is 22.6 Å². The minimum absolute atomic E-state index is 0.722. The predicted molar refractivity (Wildman–Crippen MR) is 67.9 cm³/mol. The van der Waals surface area contributed by atoms with Crippen LogP contribution in [0.2, 0.25) is 0 Å². The van der Waals surface area contributed by atoms with Gasteiger partial charge in [-0.05, 0) is 29.0 Å². The van der Waals surface area contributed by atoms with Crippen LogP contribution in [-0.2, 0) is 13.6 Å². The maximum Gasteiger partial charge on any atom is 0.188 e. The molecule has 0 radical (unpaired) electrons. The van der Waals surface area contributed by atoms with E-state index in [1.54, 1.807) is 7.05 Å². The SMILES string of the molecule is Cn1nnc(CNCCCCCCI)n1. The number of halogens is 1. The van der Waals surface area contributed by atoms with Crippen molar-refractivity contribution in [1.29, 1.82) is 0 Å². The van der Waals surface area contributed by atoms with Crippen molar-refractivity contribution in [3.8, 4) is 0 Å². The summed E-state index contributed by atoms with van der Waals surface area (Å²) in [5, 5.41) is 15.1. The Labute approximate surface area is 104 Å². The van der Waals surface area contributed by atoms with Gasteiger partial charge in [0.2, 0.25) is 0 Å². The zero-order valence-corrected chi connectivity index (χ0v) is 11.3. The number of hydrogen-bond acceptors (Lipinski definition) is 4. The molecule has 0 aliphatic heterocycles. The van der Waals surface area contributed by atoms with Crippen LogP contribution in [-0.4, -0.2) is 31.2 Å². The highest BCUT2D eigenvalue weighted by Gasteiger charge is 1.98. The average Bonchev–Trinajstić information content (AvgIpc) is 2.63. The topological polar surface area (TPSA) is 55.6 Å². The predicted octanol–water partition coefficient (Wildman–Crippen LogP) is 1.30. The molecular formula is C9H18IN5. The zero-order chi connectivity index (χ0) is 10.9. The molecule has 1 rings (SSSR count). The Bertz CT molecular complexity index is 263. The summed E-state index contributed by atoms with van der Waals surface area (Å²) < 4.78 is 1.27. The molecule has 1 aromatic rings. The lowest BCUT2D eigenvalue weighted by molar-refractivity contribution is 0.585. The van der Waals surface area contributed by atoms with E-state index in [-0.39, 0.29) is 0 Å². The van der Waals surface area contributed by atoms with Crippen LogP contribution in [0.15, 0.2) is 0 Å². The van der Waals surface area contributed by atoms with E-state index >= 15 is 0 Å². The van der Waals surface area contributed by atoms with Gasteiger partial charge >= 0.3 is 0 Å². The van der Waals surface area contributed by atoms with Crippen molar-refractivity contribution in [1.82, 2.24) is 25.5 Å². The lowest BCUT2D eigenvalue weighted by Gasteiger charge is -2.01. The number of tetrazole rings is 1. The Hall–Kier alpha value is -0.240. The largest absolute Gasteiger partial charge is 0.310 e. The van der Waals surface area contributed by atoms with Crippen molar-refractivity contribution < 1.29 is 0 Å². The molecule has 6 heteroatoms. The molecule has 0 aliphatic rings. The van der Waals surface area contributed by atoms with Crippen molar-refractivity contribution in [3.05, 3.63) is 5.82 Å². The van der Waals surface area contributed by atoms with E-state index in [4.69, 9.17) is 0 Å². The van der Waals surface area contributed by atoms with E-state index < -0.39 is 0 Å². The molecule has 0 atom stereocenters. The highest BCUT2D eigenvalue weighted by Crippen LogP contribution is 2.01. The number of alkyl halides is 1. The van der Waals surface area contributed by atoms with E-state index in [2.05, 4.69) is 43.3 Å². The second-order valence-electron chi connectivity index (χ2n) is 3.48. The maximum atomic E-state index is 4.09. The van der Waals surface area contributed by atoms with Crippen LogP contribution in [0.1, 0.15) is 31.5 Å². The molecule has 15 heavy (non-hydrogen) atoms. The summed E-state index contributed by atoms with van der Waals surface area (Å²) in [6.45, 7) is 1.76. The number of nitrogens with zero attached hydrogens (tertiary/aromatic N) is 4. The fourth-order valence-corrected chi connectivity index (χ4v) is 1.83. The highest BCUT2D eigenvalue weighted by molar-refractivity contribution is 14.1. The van der Waals surface area contributed by atoms with Crippen LogP contribution in [0, 0.1) is 0 Å². The number of unbranched alkanes of at least 4 members (excludes halogenated alkanes) is 3. The third-order valence-electron chi connectivity index (χ3n) is 2.07. The maximum absolute atomic E-state index is 4.09. The molecule has 0 spiro atoms. The standard InChI is InChI=1S/C9H18IN5/c1-15-13-9(12-14-15)8-11-7-5-3-2-4-6-10/h11H,2-8H2,1H3. The number of rotatable bonds is 8. The lowest BCUT2D eigenvalue weighted by Crippen LogP contribution is -2.15. The van der Waals surface area contributed by atoms with E-state index in [9.17, 15) is 0 Å². The summed E-state index contributed by atoms with van der Waals surface area (Å²) in [5.74, 6) is 0.768. The fourth-order valence-electron chi connectivity index (χ4n) is 1.29. The Morgan fingerprint density at radius 2 is 2.07 bits per heavy atom. The molecule has 5 nitrogen and oxygen atoms in total. The molecule has 0 bridgehead atoms. The van der Waals surface area contributed by atoms with Crippen LogP contribution in [0.5, 0.6) is 0 Å². The summed E-state index contributed by atoms with van der Waals surface area (Å²) in [4.78, 5) is 1.48. The van der Waals surface area contributed by atoms with Crippen LogP contribution in [0.4, 0.5) is 0 Å². The molecule has 0 aromatic carbocycles. The van der Waals surface area contributed by atoms with E-state index in [1.807, 2.05) is 0 Å². The van der Waals surface area contributed by atoms with Gasteiger partial charge in [0, 0.05) is 0 Å². The average molecular weight is 323 g/mol. The molecule has 1 heterocycles. The Balaban J connectivity index is 1.93. The van der Waals surface area contributed by atoms with Crippen molar-refractivity contribution >= 4 is 22.6 Å². The van der Waals surface area contributed by atoms with Gasteiger partial charge in [-0.1, -0.05) is 35.4 Å². The van der Waals surface area contributed by atoms with Crippen molar-refractivity contribution in [2.24, 2.45) is 7.05 Å². The van der Waals surface area contributed by atoms with Crippen molar-refractivity contribution in [2.45, 2.75) is 32.2 Å². The van der Waals surface area contributed by atoms with Gasteiger partial charge in [-0.15, -0.1) is 10.2 Å². The second kappa shape index (κ2) is 7.98. The number of aromatic nitrogens is 4. The first kappa shape index (κ1) is 12.8. The quantitative estimate of drug-likeness (QED) is 0.445. The first-order valence-corrected chi connectivity index (χ1v) is 6.85. The molecule has 0 saturated carbocycles. The number of hydrogen-bond donors (Lipinski definition) is 1. The van der Waals surface area contributed by atoms with Crippen molar-refractivity contribution in [3.63, 3.8) is 0 Å².